The van der Waals surface area contributed by atoms with Crippen LogP contribution in [0.3, 0.4) is 0 Å². The largest absolute Gasteiger partial charge is 0.508 e. The van der Waals surface area contributed by atoms with Gasteiger partial charge in [-0.25, -0.2) is 0 Å². The van der Waals surface area contributed by atoms with Gasteiger partial charge >= 0.3 is 5.97 Å². The highest BCUT2D eigenvalue weighted by Crippen LogP contribution is 2.44. The monoisotopic (exact) mass is 248 g/mol. The van der Waals surface area contributed by atoms with E-state index >= 15 is 0 Å². The number of phenolic OH excluding ortho intramolecular Hbond substituents is 1. The Bertz CT molecular complexity index is 424. The minimum absolute atomic E-state index is 0.151. The summed E-state index contributed by atoms with van der Waals surface area (Å²) in [4.78, 5) is 11.8. The van der Waals surface area contributed by atoms with Crippen LogP contribution in [0, 0.1) is 11.8 Å². The lowest BCUT2D eigenvalue weighted by Crippen LogP contribution is -2.30. The smallest absolute Gasteiger partial charge is 0.309 e. The van der Waals surface area contributed by atoms with Gasteiger partial charge in [-0.05, 0) is 42.4 Å². The van der Waals surface area contributed by atoms with E-state index in [1.54, 1.807) is 12.1 Å². The molecule has 1 aromatic rings. The zero-order valence-electron chi connectivity index (χ0n) is 10.9. The van der Waals surface area contributed by atoms with Crippen molar-refractivity contribution in [2.75, 3.05) is 7.11 Å². The Hall–Kier alpha value is -1.51. The van der Waals surface area contributed by atoms with Crippen LogP contribution >= 0.6 is 0 Å². The number of carbonyl (C=O) groups excluding carboxylic acids is 1. The Morgan fingerprint density at radius 1 is 1.44 bits per heavy atom. The van der Waals surface area contributed by atoms with Crippen molar-refractivity contribution in [2.24, 2.45) is 11.8 Å². The third kappa shape index (κ3) is 2.50. The zero-order chi connectivity index (χ0) is 13.1. The number of esters is 1. The Labute approximate surface area is 108 Å². The van der Waals surface area contributed by atoms with Crippen LogP contribution in [0.25, 0.3) is 0 Å². The van der Waals surface area contributed by atoms with Gasteiger partial charge in [0.15, 0.2) is 0 Å². The number of carbonyl (C=O) groups is 1. The minimum Gasteiger partial charge on any atom is -0.508 e. The quantitative estimate of drug-likeness (QED) is 0.833. The highest BCUT2D eigenvalue weighted by Gasteiger charge is 2.36. The van der Waals surface area contributed by atoms with Gasteiger partial charge in [0.25, 0.3) is 0 Å². The molecule has 98 valence electrons. The van der Waals surface area contributed by atoms with Gasteiger partial charge in [0.1, 0.15) is 5.75 Å². The first-order valence-corrected chi connectivity index (χ1v) is 6.50. The Kier molecular flexibility index (Phi) is 3.90. The van der Waals surface area contributed by atoms with Crippen molar-refractivity contribution in [3.63, 3.8) is 0 Å². The lowest BCUT2D eigenvalue weighted by atomic mass is 9.68. The maximum Gasteiger partial charge on any atom is 0.309 e. The van der Waals surface area contributed by atoms with E-state index in [0.717, 1.165) is 18.4 Å². The lowest BCUT2D eigenvalue weighted by molar-refractivity contribution is -0.146. The molecule has 0 bridgehead atoms. The van der Waals surface area contributed by atoms with Gasteiger partial charge < -0.3 is 9.84 Å². The van der Waals surface area contributed by atoms with Crippen molar-refractivity contribution in [1.29, 1.82) is 0 Å². The number of hydrogen-bond donors (Lipinski definition) is 1. The maximum absolute atomic E-state index is 11.8. The molecule has 0 aromatic heterocycles. The van der Waals surface area contributed by atoms with Gasteiger partial charge in [-0.2, -0.15) is 0 Å². The summed E-state index contributed by atoms with van der Waals surface area (Å²) >= 11 is 0. The predicted molar refractivity (Wildman–Crippen MR) is 69.4 cm³/mol. The number of methoxy groups -OCH3 is 1. The van der Waals surface area contributed by atoms with E-state index < -0.39 is 0 Å². The van der Waals surface area contributed by atoms with E-state index in [1.807, 2.05) is 19.1 Å². The minimum atomic E-state index is -0.171. The van der Waals surface area contributed by atoms with Crippen LogP contribution in [-0.4, -0.2) is 18.2 Å². The molecule has 0 spiro atoms. The topological polar surface area (TPSA) is 46.5 Å². The number of hydrogen-bond acceptors (Lipinski definition) is 3. The van der Waals surface area contributed by atoms with Crippen molar-refractivity contribution in [3.05, 3.63) is 29.8 Å². The van der Waals surface area contributed by atoms with Gasteiger partial charge in [-0.3, -0.25) is 4.79 Å². The van der Waals surface area contributed by atoms with E-state index in [2.05, 4.69) is 0 Å². The molecule has 0 radical (unpaired) electrons. The first-order chi connectivity index (χ1) is 8.63. The summed E-state index contributed by atoms with van der Waals surface area (Å²) in [6.45, 7) is 1.92. The third-order valence-electron chi connectivity index (χ3n) is 4.02. The molecule has 3 nitrogen and oxygen atoms in total. The van der Waals surface area contributed by atoms with Crippen LogP contribution in [-0.2, 0) is 9.53 Å². The standard InChI is InChI=1S/C15H20O3/c1-10(15(17)18-2)14(11-5-3-6-11)12-7-4-8-13(16)9-12/h4,7-11,14,16H,3,5-6H2,1-2H3/t10-,14?/m0/s1. The molecule has 0 heterocycles. The zero-order valence-corrected chi connectivity index (χ0v) is 10.9. The molecule has 2 rings (SSSR count). The molecule has 0 amide bonds. The number of benzene rings is 1. The molecule has 1 aromatic carbocycles. The summed E-state index contributed by atoms with van der Waals surface area (Å²) in [5.41, 5.74) is 1.04. The molecule has 1 fully saturated rings. The molecule has 1 N–H and O–H groups in total. The second-order valence-electron chi connectivity index (χ2n) is 5.12. The maximum atomic E-state index is 11.8. The molecule has 2 atom stereocenters. The average molecular weight is 248 g/mol. The third-order valence-corrected chi connectivity index (χ3v) is 4.02. The predicted octanol–water partition coefficient (Wildman–Crippen LogP) is 3.09. The van der Waals surface area contributed by atoms with Crippen molar-refractivity contribution < 1.29 is 14.6 Å². The molecule has 1 aliphatic carbocycles. The molecule has 18 heavy (non-hydrogen) atoms. The van der Waals surface area contributed by atoms with Gasteiger partial charge in [0.05, 0.1) is 13.0 Å². The van der Waals surface area contributed by atoms with Crippen LogP contribution in [0.15, 0.2) is 24.3 Å². The average Bonchev–Trinajstić information content (AvgIpc) is 2.31. The van der Waals surface area contributed by atoms with Gasteiger partial charge in [0.2, 0.25) is 0 Å². The summed E-state index contributed by atoms with van der Waals surface area (Å²) in [5.74, 6) is 0.602. The van der Waals surface area contributed by atoms with E-state index in [0.29, 0.717) is 5.92 Å². The first-order valence-electron chi connectivity index (χ1n) is 6.50. The Morgan fingerprint density at radius 2 is 2.17 bits per heavy atom. The van der Waals surface area contributed by atoms with E-state index in [1.165, 1.54) is 13.5 Å². The van der Waals surface area contributed by atoms with Crippen molar-refractivity contribution in [1.82, 2.24) is 0 Å². The SMILES string of the molecule is COC(=O)[C@@H](C)C(c1cccc(O)c1)C1CCC1. The van der Waals surface area contributed by atoms with Crippen molar-refractivity contribution >= 4 is 5.97 Å². The summed E-state index contributed by atoms with van der Waals surface area (Å²) in [7, 11) is 1.43. The van der Waals surface area contributed by atoms with Crippen LogP contribution in [0.2, 0.25) is 0 Å². The van der Waals surface area contributed by atoms with E-state index in [4.69, 9.17) is 4.74 Å². The molecule has 1 saturated carbocycles. The van der Waals surface area contributed by atoms with Gasteiger partial charge in [-0.1, -0.05) is 25.5 Å². The first kappa shape index (κ1) is 12.9. The fourth-order valence-electron chi connectivity index (χ4n) is 2.83. The highest BCUT2D eigenvalue weighted by atomic mass is 16.5. The summed E-state index contributed by atoms with van der Waals surface area (Å²) in [6, 6.07) is 7.25. The van der Waals surface area contributed by atoms with Gasteiger partial charge in [-0.15, -0.1) is 0 Å². The van der Waals surface area contributed by atoms with Crippen LogP contribution in [0.4, 0.5) is 0 Å². The lowest BCUT2D eigenvalue weighted by Gasteiger charge is -2.36. The molecule has 1 aliphatic rings. The number of aromatic hydroxyl groups is 1. The fraction of sp³-hybridized carbons (Fsp3) is 0.533. The number of phenols is 1. The highest BCUT2D eigenvalue weighted by molar-refractivity contribution is 5.73. The Balaban J connectivity index is 2.27. The normalized spacial score (nSPS) is 18.8. The van der Waals surface area contributed by atoms with Crippen LogP contribution in [0.1, 0.15) is 37.7 Å². The Morgan fingerprint density at radius 3 is 2.67 bits per heavy atom. The molecular weight excluding hydrogens is 228 g/mol. The van der Waals surface area contributed by atoms with Gasteiger partial charge in [0, 0.05) is 0 Å². The van der Waals surface area contributed by atoms with E-state index in [-0.39, 0.29) is 23.6 Å². The van der Waals surface area contributed by atoms with Crippen LogP contribution in [0.5, 0.6) is 5.75 Å². The fourth-order valence-corrected chi connectivity index (χ4v) is 2.83. The van der Waals surface area contributed by atoms with Crippen molar-refractivity contribution in [3.8, 4) is 5.75 Å². The summed E-state index contributed by atoms with van der Waals surface area (Å²) in [5, 5.41) is 9.60. The van der Waals surface area contributed by atoms with Crippen molar-refractivity contribution in [2.45, 2.75) is 32.1 Å². The molecule has 0 aliphatic heterocycles. The number of ether oxygens (including phenoxy) is 1. The van der Waals surface area contributed by atoms with Crippen LogP contribution < -0.4 is 0 Å². The second-order valence-corrected chi connectivity index (χ2v) is 5.12. The summed E-state index contributed by atoms with van der Waals surface area (Å²) in [6.07, 6.45) is 3.54. The molecule has 0 saturated heterocycles. The molecule has 1 unspecified atom stereocenters. The molecular formula is C15H20O3. The summed E-state index contributed by atoms with van der Waals surface area (Å²) < 4.78 is 4.86. The second kappa shape index (κ2) is 5.42. The molecule has 3 heteroatoms. The number of rotatable bonds is 4. The van der Waals surface area contributed by atoms with E-state index in [9.17, 15) is 9.90 Å².